The summed E-state index contributed by atoms with van der Waals surface area (Å²) < 4.78 is 6.26. The molecule has 37 heavy (non-hydrogen) atoms. The molecule has 7 nitrogen and oxygen atoms in total. The van der Waals surface area contributed by atoms with Gasteiger partial charge in [0.05, 0.1) is 28.2 Å². The van der Waals surface area contributed by atoms with E-state index in [0.717, 1.165) is 67.9 Å². The van der Waals surface area contributed by atoms with Crippen molar-refractivity contribution in [2.24, 2.45) is 0 Å². The van der Waals surface area contributed by atoms with Crippen molar-refractivity contribution in [2.45, 2.75) is 45.1 Å². The molecule has 1 saturated carbocycles. The second-order valence-corrected chi connectivity index (χ2v) is 11.0. The zero-order valence-electron chi connectivity index (χ0n) is 20.5. The van der Waals surface area contributed by atoms with Gasteiger partial charge in [-0.25, -0.2) is 4.98 Å². The van der Waals surface area contributed by atoms with Crippen LogP contribution in [0.15, 0.2) is 61.1 Å². The van der Waals surface area contributed by atoms with Crippen molar-refractivity contribution in [1.29, 1.82) is 0 Å². The Bertz CT molecular complexity index is 1730. The largest absolute Gasteiger partial charge is 0.489 e. The minimum Gasteiger partial charge on any atom is -0.489 e. The van der Waals surface area contributed by atoms with Gasteiger partial charge in [-0.05, 0) is 74.6 Å². The number of pyridine rings is 2. The third kappa shape index (κ3) is 4.17. The van der Waals surface area contributed by atoms with Crippen molar-refractivity contribution < 1.29 is 4.74 Å². The predicted octanol–water partition coefficient (Wildman–Crippen LogP) is 7.31. The molecule has 5 aromatic heterocycles. The summed E-state index contributed by atoms with van der Waals surface area (Å²) >= 11 is 1.72. The first kappa shape index (κ1) is 22.2. The highest BCUT2D eigenvalue weighted by Crippen LogP contribution is 2.35. The Morgan fingerprint density at radius 3 is 2.70 bits per heavy atom. The molecule has 0 amide bonds. The molecule has 184 valence electrons. The lowest BCUT2D eigenvalue weighted by molar-refractivity contribution is 0.154. The van der Waals surface area contributed by atoms with Crippen molar-refractivity contribution in [1.82, 2.24) is 30.1 Å². The summed E-state index contributed by atoms with van der Waals surface area (Å²) in [5, 5.41) is 8.78. The monoisotopic (exact) mass is 506 g/mol. The molecule has 0 bridgehead atoms. The zero-order chi connectivity index (χ0) is 24.8. The SMILES string of the molecule is Cc1ccc(-c2nccc3[nH]c(-c4n[nH]c5ccc(-c6cncc(OC7CCCCC7)c6)cc45)nc23)s1. The number of thiophene rings is 1. The van der Waals surface area contributed by atoms with E-state index in [0.29, 0.717) is 11.9 Å². The molecule has 1 aliphatic rings. The first-order valence-corrected chi connectivity index (χ1v) is 13.5. The molecule has 8 heteroatoms. The van der Waals surface area contributed by atoms with Gasteiger partial charge in [0, 0.05) is 28.2 Å². The van der Waals surface area contributed by atoms with Crippen LogP contribution in [0.4, 0.5) is 0 Å². The minimum absolute atomic E-state index is 0.291. The molecule has 2 N–H and O–H groups in total. The lowest BCUT2D eigenvalue weighted by atomic mass is 9.98. The molecule has 1 aliphatic carbocycles. The predicted molar refractivity (Wildman–Crippen MR) is 148 cm³/mol. The van der Waals surface area contributed by atoms with E-state index in [4.69, 9.17) is 9.72 Å². The lowest BCUT2D eigenvalue weighted by Gasteiger charge is -2.23. The topological polar surface area (TPSA) is 92.4 Å². The summed E-state index contributed by atoms with van der Waals surface area (Å²) in [5.41, 5.74) is 6.49. The molecule has 0 atom stereocenters. The summed E-state index contributed by atoms with van der Waals surface area (Å²) in [6.07, 6.45) is 11.8. The first-order valence-electron chi connectivity index (χ1n) is 12.7. The Kier molecular flexibility index (Phi) is 5.47. The van der Waals surface area contributed by atoms with Crippen LogP contribution in [0.25, 0.3) is 55.2 Å². The molecule has 0 spiro atoms. The standard InChI is InChI=1S/C29H26N6OS/c1-17-7-10-25(37-17)28-27-24(11-12-31-28)32-29(33-27)26-22-14-18(8-9-23(22)34-35-26)19-13-21(16-30-15-19)36-20-5-3-2-4-6-20/h7-16,20H,2-6H2,1H3,(H,32,33)(H,34,35). The van der Waals surface area contributed by atoms with Gasteiger partial charge in [-0.15, -0.1) is 11.3 Å². The lowest BCUT2D eigenvalue weighted by Crippen LogP contribution is -2.19. The van der Waals surface area contributed by atoms with Gasteiger partial charge in [-0.2, -0.15) is 5.10 Å². The number of ether oxygens (including phenoxy) is 1. The average molecular weight is 507 g/mol. The maximum atomic E-state index is 6.26. The van der Waals surface area contributed by atoms with Crippen LogP contribution >= 0.6 is 11.3 Å². The van der Waals surface area contributed by atoms with E-state index in [-0.39, 0.29) is 0 Å². The Labute approximate surface area is 218 Å². The van der Waals surface area contributed by atoms with Gasteiger partial charge in [0.1, 0.15) is 22.7 Å². The van der Waals surface area contributed by atoms with Crippen LogP contribution in [-0.4, -0.2) is 36.2 Å². The fourth-order valence-corrected chi connectivity index (χ4v) is 6.05. The van der Waals surface area contributed by atoms with Crippen molar-refractivity contribution in [2.75, 3.05) is 0 Å². The van der Waals surface area contributed by atoms with Crippen LogP contribution in [-0.2, 0) is 0 Å². The van der Waals surface area contributed by atoms with Gasteiger partial charge in [-0.1, -0.05) is 12.5 Å². The quantitative estimate of drug-likeness (QED) is 0.256. The molecule has 0 unspecified atom stereocenters. The van der Waals surface area contributed by atoms with Crippen LogP contribution < -0.4 is 4.74 Å². The van der Waals surface area contributed by atoms with Gasteiger partial charge in [0.25, 0.3) is 0 Å². The molecule has 0 aliphatic heterocycles. The Morgan fingerprint density at radius 1 is 0.919 bits per heavy atom. The number of hydrogen-bond donors (Lipinski definition) is 2. The van der Waals surface area contributed by atoms with Gasteiger partial charge in [0.15, 0.2) is 5.82 Å². The second-order valence-electron chi connectivity index (χ2n) is 9.67. The van der Waals surface area contributed by atoms with E-state index in [2.05, 4.69) is 68.5 Å². The van der Waals surface area contributed by atoms with Crippen LogP contribution in [0.1, 0.15) is 37.0 Å². The summed E-state index contributed by atoms with van der Waals surface area (Å²) in [6.45, 7) is 2.10. The van der Waals surface area contributed by atoms with Crippen LogP contribution in [0.5, 0.6) is 5.75 Å². The van der Waals surface area contributed by atoms with Gasteiger partial charge >= 0.3 is 0 Å². The second kappa shape index (κ2) is 9.12. The maximum Gasteiger partial charge on any atom is 0.159 e. The molecule has 5 heterocycles. The number of aromatic amines is 2. The number of aromatic nitrogens is 6. The number of imidazole rings is 1. The third-order valence-corrected chi connectivity index (χ3v) is 8.07. The fourth-order valence-electron chi connectivity index (χ4n) is 5.18. The highest BCUT2D eigenvalue weighted by Gasteiger charge is 2.18. The fraction of sp³-hybridized carbons (Fsp3) is 0.241. The van der Waals surface area contributed by atoms with E-state index < -0.39 is 0 Å². The Balaban J connectivity index is 1.26. The van der Waals surface area contributed by atoms with Gasteiger partial charge in [-0.3, -0.25) is 15.1 Å². The molecular weight excluding hydrogens is 480 g/mol. The minimum atomic E-state index is 0.291. The number of aryl methyl sites for hydroxylation is 1. The maximum absolute atomic E-state index is 6.26. The highest BCUT2D eigenvalue weighted by molar-refractivity contribution is 7.15. The van der Waals surface area contributed by atoms with E-state index in [1.54, 1.807) is 11.3 Å². The number of rotatable bonds is 5. The van der Waals surface area contributed by atoms with E-state index in [1.165, 1.54) is 24.1 Å². The Morgan fingerprint density at radius 2 is 1.84 bits per heavy atom. The van der Waals surface area contributed by atoms with Crippen LogP contribution in [0, 0.1) is 6.92 Å². The number of nitrogens with zero attached hydrogens (tertiary/aromatic N) is 4. The summed E-state index contributed by atoms with van der Waals surface area (Å²) in [5.74, 6) is 1.55. The van der Waals surface area contributed by atoms with E-state index in [1.807, 2.05) is 24.7 Å². The summed E-state index contributed by atoms with van der Waals surface area (Å²) in [7, 11) is 0. The number of fused-ring (bicyclic) bond motifs is 2. The summed E-state index contributed by atoms with van der Waals surface area (Å²) in [6, 6.07) is 14.5. The van der Waals surface area contributed by atoms with Crippen molar-refractivity contribution in [3.05, 3.63) is 65.9 Å². The highest BCUT2D eigenvalue weighted by atomic mass is 32.1. The van der Waals surface area contributed by atoms with E-state index in [9.17, 15) is 0 Å². The molecule has 1 fully saturated rings. The number of hydrogen-bond acceptors (Lipinski definition) is 6. The molecule has 0 saturated heterocycles. The Hall–Kier alpha value is -4.04. The van der Waals surface area contributed by atoms with Gasteiger partial charge in [0.2, 0.25) is 0 Å². The average Bonchev–Trinajstić information content (AvgIpc) is 3.66. The normalized spacial score (nSPS) is 14.5. The zero-order valence-corrected chi connectivity index (χ0v) is 21.3. The number of H-pyrrole nitrogens is 2. The number of benzene rings is 1. The molecule has 6 aromatic rings. The van der Waals surface area contributed by atoms with Crippen molar-refractivity contribution in [3.63, 3.8) is 0 Å². The third-order valence-electron chi connectivity index (χ3n) is 7.06. The van der Waals surface area contributed by atoms with E-state index >= 15 is 0 Å². The molecule has 7 rings (SSSR count). The van der Waals surface area contributed by atoms with Crippen LogP contribution in [0.3, 0.4) is 0 Å². The number of nitrogens with one attached hydrogen (secondary N) is 2. The van der Waals surface area contributed by atoms with Crippen molar-refractivity contribution in [3.8, 4) is 39.0 Å². The summed E-state index contributed by atoms with van der Waals surface area (Å²) in [4.78, 5) is 19.9. The smallest absolute Gasteiger partial charge is 0.159 e. The first-order chi connectivity index (χ1) is 18.2. The van der Waals surface area contributed by atoms with Crippen LogP contribution in [0.2, 0.25) is 0 Å². The van der Waals surface area contributed by atoms with Crippen molar-refractivity contribution >= 4 is 33.3 Å². The van der Waals surface area contributed by atoms with Gasteiger partial charge < -0.3 is 9.72 Å². The molecule has 0 radical (unpaired) electrons. The molecule has 1 aromatic carbocycles. The molecular formula is C29H26N6OS.